The maximum atomic E-state index is 5.62. The predicted molar refractivity (Wildman–Crippen MR) is 88.1 cm³/mol. The summed E-state index contributed by atoms with van der Waals surface area (Å²) in [5, 5.41) is 2.12. The van der Waals surface area contributed by atoms with Crippen LogP contribution in [0.2, 0.25) is 0 Å². The smallest absolute Gasteiger partial charge is 0.0745 e. The highest BCUT2D eigenvalue weighted by atomic mass is 32.1. The Morgan fingerprint density at radius 3 is 2.53 bits per heavy atom. The number of para-hydroxylation sites is 1. The van der Waals surface area contributed by atoms with E-state index in [-0.39, 0.29) is 0 Å². The van der Waals surface area contributed by atoms with Gasteiger partial charge in [0.1, 0.15) is 0 Å². The van der Waals surface area contributed by atoms with Crippen LogP contribution in [0.3, 0.4) is 0 Å². The number of benzene rings is 1. The van der Waals surface area contributed by atoms with Crippen molar-refractivity contribution in [3.8, 4) is 0 Å². The number of nitrogens with two attached hydrogens (primary N) is 1. The van der Waals surface area contributed by atoms with E-state index >= 15 is 0 Å². The monoisotopic (exact) mass is 290 g/mol. The lowest BCUT2D eigenvalue weighted by molar-refractivity contribution is 0.794. The van der Waals surface area contributed by atoms with Crippen LogP contribution < -0.4 is 10.6 Å². The number of hydrogen-bond donors (Lipinski definition) is 1. The molecule has 1 heterocycles. The zero-order valence-electron chi connectivity index (χ0n) is 10.8. The highest BCUT2D eigenvalue weighted by molar-refractivity contribution is 7.80. The quantitative estimate of drug-likeness (QED) is 0.792. The first-order valence-corrected chi connectivity index (χ1v) is 7.65. The van der Waals surface area contributed by atoms with Crippen LogP contribution in [0.4, 0.5) is 5.69 Å². The summed E-state index contributed by atoms with van der Waals surface area (Å²) < 4.78 is 0. The summed E-state index contributed by atoms with van der Waals surface area (Å²) in [5.41, 5.74) is 6.85. The first kappa shape index (κ1) is 14.0. The molecule has 0 saturated carbocycles. The molecule has 0 amide bonds. The number of nitrogens with zero attached hydrogens (tertiary/aromatic N) is 1. The van der Waals surface area contributed by atoms with Crippen molar-refractivity contribution in [3.05, 3.63) is 52.7 Å². The van der Waals surface area contributed by atoms with Crippen molar-refractivity contribution in [2.45, 2.75) is 12.8 Å². The third kappa shape index (κ3) is 4.65. The van der Waals surface area contributed by atoms with Crippen LogP contribution in [0.25, 0.3) is 0 Å². The number of hydrogen-bond acceptors (Lipinski definition) is 3. The van der Waals surface area contributed by atoms with E-state index < -0.39 is 0 Å². The standard InChI is InChI=1S/C15H18N2S2/c16-15(18)9-11-17(13-5-2-1-3-6-13)10-8-14-7-4-12-19-14/h1-7,12H,8-11H2,(H2,16,18). The molecule has 0 aliphatic rings. The molecule has 1 aromatic carbocycles. The zero-order chi connectivity index (χ0) is 13.5. The molecular formula is C15H18N2S2. The van der Waals surface area contributed by atoms with Gasteiger partial charge < -0.3 is 10.6 Å². The fourth-order valence-electron chi connectivity index (χ4n) is 1.95. The minimum Gasteiger partial charge on any atom is -0.393 e. The molecule has 2 rings (SSSR count). The minimum atomic E-state index is 0.581. The van der Waals surface area contributed by atoms with Crippen LogP contribution in [-0.2, 0) is 6.42 Å². The molecule has 19 heavy (non-hydrogen) atoms. The molecule has 0 bridgehead atoms. The fourth-order valence-corrected chi connectivity index (χ4v) is 2.74. The maximum absolute atomic E-state index is 5.62. The van der Waals surface area contributed by atoms with Crippen molar-refractivity contribution >= 4 is 34.2 Å². The largest absolute Gasteiger partial charge is 0.393 e. The van der Waals surface area contributed by atoms with Crippen LogP contribution in [0.1, 0.15) is 11.3 Å². The first-order chi connectivity index (χ1) is 9.25. The Hall–Kier alpha value is -1.39. The second kappa shape index (κ2) is 7.26. The molecule has 1 aromatic heterocycles. The summed E-state index contributed by atoms with van der Waals surface area (Å²) in [4.78, 5) is 4.34. The van der Waals surface area contributed by atoms with Gasteiger partial charge in [-0.25, -0.2) is 0 Å². The van der Waals surface area contributed by atoms with E-state index in [0.29, 0.717) is 4.99 Å². The van der Waals surface area contributed by atoms with Crippen molar-refractivity contribution in [2.24, 2.45) is 5.73 Å². The van der Waals surface area contributed by atoms with Gasteiger partial charge in [0.2, 0.25) is 0 Å². The van der Waals surface area contributed by atoms with Crippen molar-refractivity contribution in [3.63, 3.8) is 0 Å². The van der Waals surface area contributed by atoms with Crippen LogP contribution in [0.15, 0.2) is 47.8 Å². The Balaban J connectivity index is 1.99. The molecule has 2 aromatic rings. The van der Waals surface area contributed by atoms with Gasteiger partial charge in [-0.1, -0.05) is 36.5 Å². The zero-order valence-corrected chi connectivity index (χ0v) is 12.4. The Kier molecular flexibility index (Phi) is 5.36. The van der Waals surface area contributed by atoms with Gasteiger partial charge in [0.15, 0.2) is 0 Å². The Morgan fingerprint density at radius 1 is 1.11 bits per heavy atom. The fraction of sp³-hybridized carbons (Fsp3) is 0.267. The average molecular weight is 290 g/mol. The van der Waals surface area contributed by atoms with Gasteiger partial charge in [0.25, 0.3) is 0 Å². The minimum absolute atomic E-state index is 0.581. The third-order valence-corrected chi connectivity index (χ3v) is 4.10. The van der Waals surface area contributed by atoms with Gasteiger partial charge in [0.05, 0.1) is 4.99 Å². The molecule has 0 atom stereocenters. The average Bonchev–Trinajstić information content (AvgIpc) is 2.93. The van der Waals surface area contributed by atoms with Crippen LogP contribution >= 0.6 is 23.6 Å². The summed E-state index contributed by atoms with van der Waals surface area (Å²) >= 11 is 6.79. The van der Waals surface area contributed by atoms with Gasteiger partial charge in [-0.3, -0.25) is 0 Å². The molecule has 4 heteroatoms. The second-order valence-corrected chi connectivity index (χ2v) is 5.92. The topological polar surface area (TPSA) is 29.3 Å². The molecule has 0 aliphatic carbocycles. The summed E-state index contributed by atoms with van der Waals surface area (Å²) in [6, 6.07) is 14.7. The van der Waals surface area contributed by atoms with Crippen LogP contribution in [-0.4, -0.2) is 18.1 Å². The van der Waals surface area contributed by atoms with E-state index in [1.807, 2.05) is 17.4 Å². The highest BCUT2D eigenvalue weighted by Crippen LogP contribution is 2.16. The summed E-state index contributed by atoms with van der Waals surface area (Å²) in [6.45, 7) is 1.87. The molecule has 0 spiro atoms. The number of rotatable bonds is 7. The highest BCUT2D eigenvalue weighted by Gasteiger charge is 2.07. The Morgan fingerprint density at radius 2 is 1.89 bits per heavy atom. The lowest BCUT2D eigenvalue weighted by Gasteiger charge is -2.24. The van der Waals surface area contributed by atoms with Gasteiger partial charge >= 0.3 is 0 Å². The molecule has 0 unspecified atom stereocenters. The van der Waals surface area contributed by atoms with E-state index in [2.05, 4.69) is 46.7 Å². The summed E-state index contributed by atoms with van der Waals surface area (Å²) in [5.74, 6) is 0. The van der Waals surface area contributed by atoms with Gasteiger partial charge in [0, 0.05) is 30.1 Å². The number of anilines is 1. The van der Waals surface area contributed by atoms with E-state index in [1.165, 1.54) is 10.6 Å². The van der Waals surface area contributed by atoms with E-state index in [0.717, 1.165) is 25.9 Å². The molecular weight excluding hydrogens is 272 g/mol. The lowest BCUT2D eigenvalue weighted by Crippen LogP contribution is -2.29. The summed E-state index contributed by atoms with van der Waals surface area (Å²) in [7, 11) is 0. The third-order valence-electron chi connectivity index (χ3n) is 2.96. The van der Waals surface area contributed by atoms with Crippen molar-refractivity contribution in [1.82, 2.24) is 0 Å². The molecule has 100 valence electrons. The van der Waals surface area contributed by atoms with E-state index in [4.69, 9.17) is 18.0 Å². The normalized spacial score (nSPS) is 10.3. The molecule has 0 radical (unpaired) electrons. The lowest BCUT2D eigenvalue weighted by atomic mass is 10.2. The van der Waals surface area contributed by atoms with Gasteiger partial charge in [-0.2, -0.15) is 0 Å². The molecule has 0 aliphatic heterocycles. The number of thiophene rings is 1. The molecule has 2 nitrogen and oxygen atoms in total. The van der Waals surface area contributed by atoms with E-state index in [1.54, 1.807) is 0 Å². The number of thiocarbonyl (C=S) groups is 1. The maximum Gasteiger partial charge on any atom is 0.0745 e. The molecule has 2 N–H and O–H groups in total. The van der Waals surface area contributed by atoms with E-state index in [9.17, 15) is 0 Å². The Bertz CT molecular complexity index is 494. The van der Waals surface area contributed by atoms with Gasteiger partial charge in [-0.05, 0) is 30.0 Å². The predicted octanol–water partition coefficient (Wildman–Crippen LogP) is 3.47. The SMILES string of the molecule is NC(=S)CCN(CCc1cccs1)c1ccccc1. The Labute approximate surface area is 123 Å². The van der Waals surface area contributed by atoms with Crippen molar-refractivity contribution in [2.75, 3.05) is 18.0 Å². The molecule has 0 saturated heterocycles. The van der Waals surface area contributed by atoms with Gasteiger partial charge in [-0.15, -0.1) is 11.3 Å². The summed E-state index contributed by atoms with van der Waals surface area (Å²) in [6.07, 6.45) is 1.82. The van der Waals surface area contributed by atoms with Crippen molar-refractivity contribution in [1.29, 1.82) is 0 Å². The molecule has 0 fully saturated rings. The van der Waals surface area contributed by atoms with Crippen LogP contribution in [0, 0.1) is 0 Å². The van der Waals surface area contributed by atoms with Crippen LogP contribution in [0.5, 0.6) is 0 Å². The van der Waals surface area contributed by atoms with Crippen molar-refractivity contribution < 1.29 is 0 Å². The second-order valence-electron chi connectivity index (χ2n) is 4.37. The first-order valence-electron chi connectivity index (χ1n) is 6.36.